The fourth-order valence-electron chi connectivity index (χ4n) is 3.53. The van der Waals surface area contributed by atoms with Crippen LogP contribution in [0.15, 0.2) is 33.5 Å². The molecular formula is C20H26N2O6. The minimum Gasteiger partial charge on any atom is -0.453 e. The van der Waals surface area contributed by atoms with Gasteiger partial charge in [-0.05, 0) is 39.3 Å². The summed E-state index contributed by atoms with van der Waals surface area (Å²) in [7, 11) is 0. The van der Waals surface area contributed by atoms with Crippen LogP contribution >= 0.6 is 0 Å². The van der Waals surface area contributed by atoms with E-state index in [0.717, 1.165) is 0 Å². The summed E-state index contributed by atoms with van der Waals surface area (Å²) in [5, 5.41) is 0. The van der Waals surface area contributed by atoms with Crippen LogP contribution in [0.1, 0.15) is 33.6 Å². The van der Waals surface area contributed by atoms with E-state index in [4.69, 9.17) is 13.9 Å². The molecule has 3 atom stereocenters. The number of benzene rings is 1. The molecule has 0 bridgehead atoms. The van der Waals surface area contributed by atoms with E-state index in [1.54, 1.807) is 30.0 Å². The highest BCUT2D eigenvalue weighted by molar-refractivity contribution is 5.83. The molecule has 0 spiro atoms. The predicted molar refractivity (Wildman–Crippen MR) is 102 cm³/mol. The number of hydrogen-bond acceptors (Lipinski definition) is 6. The van der Waals surface area contributed by atoms with Gasteiger partial charge in [0.25, 0.3) is 5.91 Å². The molecule has 28 heavy (non-hydrogen) atoms. The summed E-state index contributed by atoms with van der Waals surface area (Å²) in [4.78, 5) is 38.2. The van der Waals surface area contributed by atoms with Gasteiger partial charge in [-0.1, -0.05) is 12.1 Å². The van der Waals surface area contributed by atoms with E-state index >= 15 is 0 Å². The first-order valence-corrected chi connectivity index (χ1v) is 9.57. The number of morpholine rings is 1. The third-order valence-electron chi connectivity index (χ3n) is 4.72. The average Bonchev–Trinajstić information content (AvgIpc) is 2.95. The largest absolute Gasteiger partial charge is 0.453 e. The Morgan fingerprint density at radius 1 is 1.21 bits per heavy atom. The summed E-state index contributed by atoms with van der Waals surface area (Å²) in [6.07, 6.45) is -0.409. The lowest BCUT2D eigenvalue weighted by Crippen LogP contribution is -2.51. The van der Waals surface area contributed by atoms with Crippen LogP contribution in [0.5, 0.6) is 0 Å². The molecule has 8 heteroatoms. The number of oxazole rings is 1. The number of fused-ring (bicyclic) bond motifs is 1. The molecule has 1 amide bonds. The Kier molecular flexibility index (Phi) is 6.18. The van der Waals surface area contributed by atoms with Crippen LogP contribution < -0.4 is 5.76 Å². The van der Waals surface area contributed by atoms with Gasteiger partial charge in [0, 0.05) is 26.1 Å². The Morgan fingerprint density at radius 2 is 1.89 bits per heavy atom. The Bertz CT molecular complexity index is 891. The standard InChI is InChI=1S/C20H26N2O6/c1-13-11-21(12-14(2)26-13)19(24)15(3)27-18(23)9-6-10-22-16-7-4-5-8-17(16)28-20(22)25/h4-5,7-8,13-15H,6,9-12H2,1-3H3/t13-,14+,15-/m0/s1. The van der Waals surface area contributed by atoms with Gasteiger partial charge in [0.05, 0.1) is 17.7 Å². The molecule has 0 radical (unpaired) electrons. The summed E-state index contributed by atoms with van der Waals surface area (Å²) >= 11 is 0. The predicted octanol–water partition coefficient (Wildman–Crippen LogP) is 1.94. The van der Waals surface area contributed by atoms with Gasteiger partial charge in [-0.2, -0.15) is 0 Å². The molecule has 0 saturated carbocycles. The summed E-state index contributed by atoms with van der Waals surface area (Å²) in [5.41, 5.74) is 1.21. The number of hydrogen-bond donors (Lipinski definition) is 0. The van der Waals surface area contributed by atoms with Gasteiger partial charge >= 0.3 is 11.7 Å². The number of amides is 1. The van der Waals surface area contributed by atoms with Crippen LogP contribution in [-0.2, 0) is 25.6 Å². The first-order chi connectivity index (χ1) is 13.3. The smallest absolute Gasteiger partial charge is 0.419 e. The second-order valence-corrected chi connectivity index (χ2v) is 7.22. The molecule has 1 aliphatic heterocycles. The monoisotopic (exact) mass is 390 g/mol. The van der Waals surface area contributed by atoms with Crippen molar-refractivity contribution in [2.24, 2.45) is 0 Å². The van der Waals surface area contributed by atoms with Crippen LogP contribution in [0.2, 0.25) is 0 Å². The minimum absolute atomic E-state index is 0.0429. The topological polar surface area (TPSA) is 91.0 Å². The molecule has 2 aromatic rings. The lowest BCUT2D eigenvalue weighted by atomic mass is 10.2. The van der Waals surface area contributed by atoms with Crippen molar-refractivity contribution < 1.29 is 23.5 Å². The molecular weight excluding hydrogens is 364 g/mol. The van der Waals surface area contributed by atoms with Crippen molar-refractivity contribution in [2.75, 3.05) is 13.1 Å². The van der Waals surface area contributed by atoms with Crippen molar-refractivity contribution in [1.29, 1.82) is 0 Å². The van der Waals surface area contributed by atoms with Gasteiger partial charge in [-0.15, -0.1) is 0 Å². The van der Waals surface area contributed by atoms with Crippen molar-refractivity contribution in [3.63, 3.8) is 0 Å². The summed E-state index contributed by atoms with van der Waals surface area (Å²) < 4.78 is 17.6. The fourth-order valence-corrected chi connectivity index (χ4v) is 3.53. The molecule has 1 aliphatic rings. The second kappa shape index (κ2) is 8.60. The maximum Gasteiger partial charge on any atom is 0.419 e. The van der Waals surface area contributed by atoms with E-state index in [9.17, 15) is 14.4 Å². The molecule has 0 aliphatic carbocycles. The van der Waals surface area contributed by atoms with Gasteiger partial charge in [-0.25, -0.2) is 4.79 Å². The maximum atomic E-state index is 12.5. The normalized spacial score (nSPS) is 20.9. The zero-order valence-electron chi connectivity index (χ0n) is 16.4. The van der Waals surface area contributed by atoms with Crippen LogP contribution in [0, 0.1) is 0 Å². The van der Waals surface area contributed by atoms with E-state index in [1.165, 1.54) is 4.57 Å². The van der Waals surface area contributed by atoms with Crippen molar-refractivity contribution in [2.45, 2.75) is 58.5 Å². The summed E-state index contributed by atoms with van der Waals surface area (Å²) in [5.74, 6) is -1.13. The van der Waals surface area contributed by atoms with Crippen molar-refractivity contribution in [3.8, 4) is 0 Å². The molecule has 1 saturated heterocycles. The van der Waals surface area contributed by atoms with Crippen LogP contribution in [0.3, 0.4) is 0 Å². The van der Waals surface area contributed by atoms with Crippen LogP contribution in [0.25, 0.3) is 11.1 Å². The molecule has 8 nitrogen and oxygen atoms in total. The van der Waals surface area contributed by atoms with Crippen LogP contribution in [-0.4, -0.2) is 52.7 Å². The number of ether oxygens (including phenoxy) is 2. The number of esters is 1. The Labute approximate surface area is 163 Å². The number of carbonyl (C=O) groups is 2. The Hall–Kier alpha value is -2.61. The number of carbonyl (C=O) groups excluding carboxylic acids is 2. The first kappa shape index (κ1) is 20.1. The molecule has 0 N–H and O–H groups in total. The molecule has 2 heterocycles. The summed E-state index contributed by atoms with van der Waals surface area (Å²) in [6.45, 7) is 6.72. The average molecular weight is 390 g/mol. The molecule has 1 fully saturated rings. The van der Waals surface area contributed by atoms with Gasteiger partial charge in [-0.3, -0.25) is 14.2 Å². The summed E-state index contributed by atoms with van der Waals surface area (Å²) in [6, 6.07) is 7.13. The van der Waals surface area contributed by atoms with Crippen LogP contribution in [0.4, 0.5) is 0 Å². The van der Waals surface area contributed by atoms with Crippen molar-refractivity contribution >= 4 is 23.0 Å². The van der Waals surface area contributed by atoms with Gasteiger partial charge in [0.1, 0.15) is 0 Å². The molecule has 3 rings (SSSR count). The Morgan fingerprint density at radius 3 is 2.61 bits per heavy atom. The SMILES string of the molecule is C[C@@H]1CN(C(=O)[C@H](C)OC(=O)CCCn2c(=O)oc3ccccc32)C[C@H](C)O1. The highest BCUT2D eigenvalue weighted by Crippen LogP contribution is 2.14. The zero-order valence-corrected chi connectivity index (χ0v) is 16.4. The third kappa shape index (κ3) is 4.62. The molecule has 1 aromatic carbocycles. The number of aromatic nitrogens is 1. The Balaban J connectivity index is 1.49. The first-order valence-electron chi connectivity index (χ1n) is 9.57. The van der Waals surface area contributed by atoms with Gasteiger partial charge in [0.15, 0.2) is 11.7 Å². The maximum absolute atomic E-state index is 12.5. The highest BCUT2D eigenvalue weighted by Gasteiger charge is 2.30. The van der Waals surface area contributed by atoms with E-state index in [1.807, 2.05) is 19.9 Å². The zero-order chi connectivity index (χ0) is 20.3. The number of aryl methyl sites for hydroxylation is 1. The van der Waals surface area contributed by atoms with Crippen molar-refractivity contribution in [3.05, 3.63) is 34.8 Å². The fraction of sp³-hybridized carbons (Fsp3) is 0.550. The van der Waals surface area contributed by atoms with E-state index in [0.29, 0.717) is 37.2 Å². The van der Waals surface area contributed by atoms with E-state index in [-0.39, 0.29) is 24.5 Å². The highest BCUT2D eigenvalue weighted by atomic mass is 16.5. The molecule has 152 valence electrons. The number of nitrogens with zero attached hydrogens (tertiary/aromatic N) is 2. The van der Waals surface area contributed by atoms with Gasteiger partial charge < -0.3 is 18.8 Å². The molecule has 1 aromatic heterocycles. The van der Waals surface area contributed by atoms with Gasteiger partial charge in [0.2, 0.25) is 0 Å². The lowest BCUT2D eigenvalue weighted by Gasteiger charge is -2.36. The lowest BCUT2D eigenvalue weighted by molar-refractivity contribution is -0.164. The number of rotatable bonds is 6. The quantitative estimate of drug-likeness (QED) is 0.700. The molecule has 0 unspecified atom stereocenters. The van der Waals surface area contributed by atoms with E-state index in [2.05, 4.69) is 0 Å². The number of para-hydroxylation sites is 2. The van der Waals surface area contributed by atoms with E-state index < -0.39 is 17.8 Å². The minimum atomic E-state index is -0.845. The second-order valence-electron chi connectivity index (χ2n) is 7.22. The van der Waals surface area contributed by atoms with Crippen molar-refractivity contribution in [1.82, 2.24) is 9.47 Å². The third-order valence-corrected chi connectivity index (χ3v) is 4.72.